The van der Waals surface area contributed by atoms with Crippen molar-refractivity contribution in [3.8, 4) is 10.8 Å². The molecule has 0 saturated carbocycles. The highest BCUT2D eigenvalue weighted by Crippen LogP contribution is 2.23. The molecule has 0 amide bonds. The summed E-state index contributed by atoms with van der Waals surface area (Å²) in [5.74, 6) is 1.07. The van der Waals surface area contributed by atoms with E-state index in [0.29, 0.717) is 31.4 Å². The molecule has 0 spiro atoms. The molecule has 8 heteroatoms. The number of hydrogen-bond donors (Lipinski definition) is 2. The lowest BCUT2D eigenvalue weighted by Gasteiger charge is -2.10. The SMILES string of the molecule is CN=C(NCCc1cccc(F)c1)NCc1coc(-c2cccs2)n1.I. The molecule has 2 aromatic heterocycles. The first-order chi connectivity index (χ1) is 12.2. The molecule has 1 aromatic carbocycles. The second kappa shape index (κ2) is 10.3. The molecule has 0 radical (unpaired) electrons. The summed E-state index contributed by atoms with van der Waals surface area (Å²) in [6.45, 7) is 1.16. The van der Waals surface area contributed by atoms with Gasteiger partial charge in [-0.15, -0.1) is 35.3 Å². The minimum Gasteiger partial charge on any atom is -0.443 e. The maximum Gasteiger partial charge on any atom is 0.236 e. The largest absolute Gasteiger partial charge is 0.443 e. The number of oxazole rings is 1. The number of hydrogen-bond acceptors (Lipinski definition) is 4. The Kier molecular flexibility index (Phi) is 8.05. The summed E-state index contributed by atoms with van der Waals surface area (Å²) < 4.78 is 18.6. The average Bonchev–Trinajstić information content (AvgIpc) is 3.29. The molecule has 0 fully saturated rings. The highest BCUT2D eigenvalue weighted by atomic mass is 127. The number of nitrogens with one attached hydrogen (secondary N) is 2. The van der Waals surface area contributed by atoms with E-state index < -0.39 is 0 Å². The third-order valence-electron chi connectivity index (χ3n) is 3.54. The second-order valence-corrected chi connectivity index (χ2v) is 6.30. The number of rotatable bonds is 6. The van der Waals surface area contributed by atoms with Gasteiger partial charge in [-0.2, -0.15) is 0 Å². The van der Waals surface area contributed by atoms with Crippen LogP contribution in [0, 0.1) is 5.82 Å². The Hall–Kier alpha value is -1.94. The van der Waals surface area contributed by atoms with Crippen LogP contribution in [0.5, 0.6) is 0 Å². The predicted molar refractivity (Wildman–Crippen MR) is 114 cm³/mol. The van der Waals surface area contributed by atoms with Crippen molar-refractivity contribution >= 4 is 41.3 Å². The first-order valence-corrected chi connectivity index (χ1v) is 8.80. The number of nitrogens with zero attached hydrogens (tertiary/aromatic N) is 2. The van der Waals surface area contributed by atoms with Gasteiger partial charge in [0.2, 0.25) is 5.89 Å². The molecular formula is C18H20FIN4OS. The molecule has 3 aromatic rings. The monoisotopic (exact) mass is 486 g/mol. The maximum atomic E-state index is 13.2. The van der Waals surface area contributed by atoms with Crippen molar-refractivity contribution < 1.29 is 8.81 Å². The topological polar surface area (TPSA) is 62.5 Å². The van der Waals surface area contributed by atoms with E-state index in [2.05, 4.69) is 20.6 Å². The predicted octanol–water partition coefficient (Wildman–Crippen LogP) is 4.07. The van der Waals surface area contributed by atoms with Gasteiger partial charge in [0.25, 0.3) is 0 Å². The van der Waals surface area contributed by atoms with Crippen LogP contribution < -0.4 is 10.6 Å². The highest BCUT2D eigenvalue weighted by Gasteiger charge is 2.08. The quantitative estimate of drug-likeness (QED) is 0.314. The highest BCUT2D eigenvalue weighted by molar-refractivity contribution is 14.0. The molecule has 0 aliphatic heterocycles. The van der Waals surface area contributed by atoms with Crippen molar-refractivity contribution in [2.24, 2.45) is 4.99 Å². The molecule has 2 heterocycles. The Bertz CT molecular complexity index is 835. The van der Waals surface area contributed by atoms with Gasteiger partial charge < -0.3 is 15.1 Å². The van der Waals surface area contributed by atoms with Crippen LogP contribution in [0.25, 0.3) is 10.8 Å². The van der Waals surface area contributed by atoms with Crippen LogP contribution in [0.1, 0.15) is 11.3 Å². The molecule has 0 aliphatic rings. The number of thiophene rings is 1. The molecule has 0 atom stereocenters. The molecule has 5 nitrogen and oxygen atoms in total. The molecule has 3 rings (SSSR count). The first kappa shape index (κ1) is 20.4. The summed E-state index contributed by atoms with van der Waals surface area (Å²) in [6.07, 6.45) is 2.35. The molecule has 26 heavy (non-hydrogen) atoms. The minimum atomic E-state index is -0.215. The van der Waals surface area contributed by atoms with Gasteiger partial charge in [0.05, 0.1) is 17.1 Å². The van der Waals surface area contributed by atoms with Crippen LogP contribution in [-0.2, 0) is 13.0 Å². The fourth-order valence-electron chi connectivity index (χ4n) is 2.31. The van der Waals surface area contributed by atoms with Crippen molar-refractivity contribution in [3.05, 3.63) is 65.1 Å². The van der Waals surface area contributed by atoms with Gasteiger partial charge in [0.1, 0.15) is 12.1 Å². The molecule has 0 saturated heterocycles. The van der Waals surface area contributed by atoms with Crippen LogP contribution in [0.4, 0.5) is 4.39 Å². The average molecular weight is 486 g/mol. The first-order valence-electron chi connectivity index (χ1n) is 7.92. The van der Waals surface area contributed by atoms with E-state index in [4.69, 9.17) is 4.42 Å². The van der Waals surface area contributed by atoms with Crippen molar-refractivity contribution in [2.45, 2.75) is 13.0 Å². The fourth-order valence-corrected chi connectivity index (χ4v) is 2.97. The van der Waals surface area contributed by atoms with E-state index in [0.717, 1.165) is 16.1 Å². The van der Waals surface area contributed by atoms with Gasteiger partial charge in [0, 0.05) is 13.6 Å². The van der Waals surface area contributed by atoms with E-state index in [9.17, 15) is 4.39 Å². The van der Waals surface area contributed by atoms with Gasteiger partial charge in [-0.05, 0) is 35.6 Å². The molecule has 138 valence electrons. The smallest absolute Gasteiger partial charge is 0.236 e. The van der Waals surface area contributed by atoms with E-state index in [1.165, 1.54) is 6.07 Å². The Balaban J connectivity index is 0.00000243. The third kappa shape index (κ3) is 5.80. The lowest BCUT2D eigenvalue weighted by atomic mass is 10.1. The summed E-state index contributed by atoms with van der Waals surface area (Å²) in [4.78, 5) is 9.63. The normalized spacial score (nSPS) is 11.1. The number of guanidine groups is 1. The fraction of sp³-hybridized carbons (Fsp3) is 0.222. The Morgan fingerprint density at radius 2 is 2.15 bits per heavy atom. The Morgan fingerprint density at radius 1 is 1.27 bits per heavy atom. The van der Waals surface area contributed by atoms with Crippen molar-refractivity contribution in [2.75, 3.05) is 13.6 Å². The van der Waals surface area contributed by atoms with Crippen molar-refractivity contribution in [1.82, 2.24) is 15.6 Å². The second-order valence-electron chi connectivity index (χ2n) is 5.35. The van der Waals surface area contributed by atoms with E-state index >= 15 is 0 Å². The van der Waals surface area contributed by atoms with Crippen LogP contribution in [0.15, 0.2) is 57.5 Å². The molecule has 0 aliphatic carbocycles. The van der Waals surface area contributed by atoms with Crippen LogP contribution in [0.3, 0.4) is 0 Å². The van der Waals surface area contributed by atoms with E-state index in [-0.39, 0.29) is 29.8 Å². The maximum absolute atomic E-state index is 13.2. The van der Waals surface area contributed by atoms with E-state index in [1.807, 2.05) is 23.6 Å². The Labute approximate surface area is 172 Å². The van der Waals surface area contributed by atoms with Gasteiger partial charge in [-0.3, -0.25) is 4.99 Å². The zero-order valence-corrected chi connectivity index (χ0v) is 17.4. The Morgan fingerprint density at radius 3 is 2.88 bits per heavy atom. The summed E-state index contributed by atoms with van der Waals surface area (Å²) in [5, 5.41) is 8.38. The summed E-state index contributed by atoms with van der Waals surface area (Å²) >= 11 is 1.59. The third-order valence-corrected chi connectivity index (χ3v) is 4.40. The number of aliphatic imine (C=N–C) groups is 1. The summed E-state index contributed by atoms with van der Waals surface area (Å²) in [7, 11) is 1.71. The lowest BCUT2D eigenvalue weighted by Crippen LogP contribution is -2.37. The van der Waals surface area contributed by atoms with Gasteiger partial charge in [-0.1, -0.05) is 18.2 Å². The standard InChI is InChI=1S/C18H19FN4OS.HI/c1-20-18(21-8-7-13-4-2-5-14(19)10-13)22-11-15-12-24-17(23-15)16-6-3-9-25-16;/h2-6,9-10,12H,7-8,11H2,1H3,(H2,20,21,22);1H. The zero-order valence-electron chi connectivity index (χ0n) is 14.2. The van der Waals surface area contributed by atoms with Gasteiger partial charge >= 0.3 is 0 Å². The molecular weight excluding hydrogens is 466 g/mol. The molecule has 0 bridgehead atoms. The minimum absolute atomic E-state index is 0. The van der Waals surface area contributed by atoms with Crippen molar-refractivity contribution in [1.29, 1.82) is 0 Å². The van der Waals surface area contributed by atoms with Gasteiger partial charge in [0.15, 0.2) is 5.96 Å². The van der Waals surface area contributed by atoms with Crippen molar-refractivity contribution in [3.63, 3.8) is 0 Å². The van der Waals surface area contributed by atoms with Crippen LogP contribution in [0.2, 0.25) is 0 Å². The summed E-state index contributed by atoms with van der Waals surface area (Å²) in [5.41, 5.74) is 1.75. The molecule has 0 unspecified atom stereocenters. The van der Waals surface area contributed by atoms with Crippen LogP contribution in [-0.4, -0.2) is 24.5 Å². The summed E-state index contributed by atoms with van der Waals surface area (Å²) in [6, 6.07) is 10.5. The molecule has 2 N–H and O–H groups in total. The lowest BCUT2D eigenvalue weighted by molar-refractivity contribution is 0.573. The number of aromatic nitrogens is 1. The van der Waals surface area contributed by atoms with Crippen LogP contribution >= 0.6 is 35.3 Å². The van der Waals surface area contributed by atoms with E-state index in [1.54, 1.807) is 36.8 Å². The number of benzene rings is 1. The van der Waals surface area contributed by atoms with Gasteiger partial charge in [-0.25, -0.2) is 9.37 Å². The zero-order chi connectivity index (χ0) is 17.5. The number of halogens is 2.